The van der Waals surface area contributed by atoms with E-state index in [4.69, 9.17) is 11.6 Å². The van der Waals surface area contributed by atoms with Gasteiger partial charge in [-0.05, 0) is 6.07 Å². The summed E-state index contributed by atoms with van der Waals surface area (Å²) in [5.41, 5.74) is 5.77. The zero-order valence-corrected chi connectivity index (χ0v) is 7.96. The topological polar surface area (TPSA) is 107 Å². The molecule has 4 N–H and O–H groups in total. The van der Waals surface area contributed by atoms with Crippen molar-refractivity contribution in [3.8, 4) is 0 Å². The average Bonchev–Trinajstić information content (AvgIpc) is 2.25. The molecule has 1 heterocycles. The van der Waals surface area contributed by atoms with Gasteiger partial charge in [-0.2, -0.15) is 10.1 Å². The molecule has 7 heteroatoms. The van der Waals surface area contributed by atoms with E-state index in [0.717, 1.165) is 0 Å². The number of nitrogens with zero attached hydrogens (tertiary/aromatic N) is 3. The van der Waals surface area contributed by atoms with Crippen LogP contribution in [-0.4, -0.2) is 22.9 Å². The molecule has 15 heavy (non-hydrogen) atoms. The lowest BCUT2D eigenvalue weighted by molar-refractivity contribution is 0.166. The largest absolute Gasteiger partial charge is 0.444 e. The Labute approximate surface area is 86.3 Å². The summed E-state index contributed by atoms with van der Waals surface area (Å²) in [7, 11) is 0. The highest BCUT2D eigenvalue weighted by Gasteiger charge is 2.16. The molecule has 0 saturated heterocycles. The quantitative estimate of drug-likeness (QED) is 0.315. The van der Waals surface area contributed by atoms with Crippen LogP contribution in [0.15, 0.2) is 24.9 Å². The summed E-state index contributed by atoms with van der Waals surface area (Å²) in [5, 5.41) is 7.84. The number of hydrogen-bond acceptors (Lipinski definition) is 6. The highest BCUT2D eigenvalue weighted by atomic mass is 16.6. The van der Waals surface area contributed by atoms with Crippen LogP contribution in [-0.2, 0) is 4.74 Å². The zero-order valence-electron chi connectivity index (χ0n) is 7.96. The number of hydrazine groups is 1. The number of nitrogen functional groups attached to an aromatic ring is 1. The SMILES string of the molecule is C=CCOC(=O)N(N)c1nnccc1N. The maximum Gasteiger partial charge on any atom is 0.430 e. The minimum absolute atomic E-state index is 0.0477. The van der Waals surface area contributed by atoms with Gasteiger partial charge in [-0.25, -0.2) is 10.6 Å². The molecule has 0 aliphatic heterocycles. The second-order valence-electron chi connectivity index (χ2n) is 2.55. The van der Waals surface area contributed by atoms with Gasteiger partial charge >= 0.3 is 6.09 Å². The van der Waals surface area contributed by atoms with Crippen LogP contribution >= 0.6 is 0 Å². The van der Waals surface area contributed by atoms with E-state index in [-0.39, 0.29) is 18.1 Å². The Kier molecular flexibility index (Phi) is 3.58. The summed E-state index contributed by atoms with van der Waals surface area (Å²) in [6.45, 7) is 3.46. The third-order valence-electron chi connectivity index (χ3n) is 1.48. The molecule has 0 aliphatic rings. The average molecular weight is 209 g/mol. The van der Waals surface area contributed by atoms with E-state index in [1.807, 2.05) is 0 Å². The van der Waals surface area contributed by atoms with E-state index in [0.29, 0.717) is 5.01 Å². The Bertz CT molecular complexity index is 368. The number of aromatic nitrogens is 2. The highest BCUT2D eigenvalue weighted by molar-refractivity contribution is 5.88. The van der Waals surface area contributed by atoms with Crippen molar-refractivity contribution in [1.29, 1.82) is 0 Å². The molecule has 0 fully saturated rings. The third-order valence-corrected chi connectivity index (χ3v) is 1.48. The molecule has 0 atom stereocenters. The van der Waals surface area contributed by atoms with Crippen molar-refractivity contribution in [3.05, 3.63) is 24.9 Å². The molecule has 0 aromatic carbocycles. The minimum Gasteiger partial charge on any atom is -0.444 e. The fraction of sp³-hybridized carbons (Fsp3) is 0.125. The van der Waals surface area contributed by atoms with Gasteiger partial charge in [0.1, 0.15) is 6.61 Å². The Morgan fingerprint density at radius 1 is 1.73 bits per heavy atom. The molecule has 0 spiro atoms. The molecule has 1 aromatic rings. The summed E-state index contributed by atoms with van der Waals surface area (Å²) >= 11 is 0. The molecule has 0 radical (unpaired) electrons. The Hall–Kier alpha value is -2.15. The molecule has 0 aliphatic carbocycles. The number of nitrogens with two attached hydrogens (primary N) is 2. The maximum absolute atomic E-state index is 11.3. The lowest BCUT2D eigenvalue weighted by atomic mass is 10.4. The van der Waals surface area contributed by atoms with E-state index >= 15 is 0 Å². The number of amides is 1. The van der Waals surface area contributed by atoms with Crippen molar-refractivity contribution < 1.29 is 9.53 Å². The molecule has 0 unspecified atom stereocenters. The van der Waals surface area contributed by atoms with Gasteiger partial charge < -0.3 is 10.5 Å². The zero-order chi connectivity index (χ0) is 11.3. The summed E-state index contributed by atoms with van der Waals surface area (Å²) < 4.78 is 4.68. The van der Waals surface area contributed by atoms with Gasteiger partial charge in [-0.3, -0.25) is 0 Å². The van der Waals surface area contributed by atoms with Crippen molar-refractivity contribution in [2.24, 2.45) is 5.84 Å². The van der Waals surface area contributed by atoms with Gasteiger partial charge in [-0.1, -0.05) is 12.7 Å². The van der Waals surface area contributed by atoms with Crippen LogP contribution in [0.4, 0.5) is 16.3 Å². The van der Waals surface area contributed by atoms with E-state index in [1.165, 1.54) is 18.3 Å². The van der Waals surface area contributed by atoms with E-state index in [2.05, 4.69) is 21.5 Å². The lowest BCUT2D eigenvalue weighted by Gasteiger charge is -2.15. The smallest absolute Gasteiger partial charge is 0.430 e. The molecular formula is C8H11N5O2. The first-order valence-corrected chi connectivity index (χ1v) is 4.06. The molecule has 0 bridgehead atoms. The Morgan fingerprint density at radius 2 is 2.47 bits per heavy atom. The standard InChI is InChI=1S/C8H11N5O2/c1-2-5-15-8(14)13(10)7-6(9)3-4-11-12-7/h2-4H,1,5,10H2,(H2,9,11). The predicted octanol–water partition coefficient (Wildman–Crippen LogP) is 0.0615. The normalized spacial score (nSPS) is 9.40. The highest BCUT2D eigenvalue weighted by Crippen LogP contribution is 2.15. The maximum atomic E-state index is 11.3. The van der Waals surface area contributed by atoms with E-state index in [1.54, 1.807) is 0 Å². The van der Waals surface area contributed by atoms with Gasteiger partial charge in [0.15, 0.2) is 5.82 Å². The van der Waals surface area contributed by atoms with Crippen molar-refractivity contribution >= 4 is 17.6 Å². The van der Waals surface area contributed by atoms with Crippen LogP contribution in [0.5, 0.6) is 0 Å². The number of carbonyl (C=O) groups excluding carboxylic acids is 1. The summed E-state index contributed by atoms with van der Waals surface area (Å²) in [5.74, 6) is 5.47. The summed E-state index contributed by atoms with van der Waals surface area (Å²) in [6.07, 6.45) is 2.04. The first-order valence-electron chi connectivity index (χ1n) is 4.06. The third kappa shape index (κ3) is 2.64. The lowest BCUT2D eigenvalue weighted by Crippen LogP contribution is -2.39. The van der Waals surface area contributed by atoms with Crippen LogP contribution < -0.4 is 16.6 Å². The van der Waals surface area contributed by atoms with E-state index < -0.39 is 6.09 Å². The van der Waals surface area contributed by atoms with Crippen molar-refractivity contribution in [2.45, 2.75) is 0 Å². The molecule has 0 saturated carbocycles. The number of rotatable bonds is 3. The second kappa shape index (κ2) is 4.91. The second-order valence-corrected chi connectivity index (χ2v) is 2.55. The monoisotopic (exact) mass is 209 g/mol. The van der Waals surface area contributed by atoms with Gasteiger partial charge in [0.05, 0.1) is 11.9 Å². The number of hydrogen-bond donors (Lipinski definition) is 2. The Balaban J connectivity index is 2.76. The van der Waals surface area contributed by atoms with Crippen LogP contribution in [0, 0.1) is 0 Å². The molecule has 80 valence electrons. The number of anilines is 2. The van der Waals surface area contributed by atoms with Gasteiger partial charge in [0.2, 0.25) is 0 Å². The van der Waals surface area contributed by atoms with Gasteiger partial charge in [0, 0.05) is 0 Å². The first kappa shape index (κ1) is 10.9. The fourth-order valence-electron chi connectivity index (χ4n) is 0.807. The van der Waals surface area contributed by atoms with E-state index in [9.17, 15) is 4.79 Å². The molecule has 1 amide bonds. The molecule has 1 aromatic heterocycles. The van der Waals surface area contributed by atoms with Crippen LogP contribution in [0.25, 0.3) is 0 Å². The predicted molar refractivity (Wildman–Crippen MR) is 54.7 cm³/mol. The first-order chi connectivity index (χ1) is 7.16. The van der Waals surface area contributed by atoms with Crippen molar-refractivity contribution in [1.82, 2.24) is 10.2 Å². The summed E-state index contributed by atoms with van der Waals surface area (Å²) in [6, 6.07) is 1.48. The molecular weight excluding hydrogens is 198 g/mol. The number of ether oxygens (including phenoxy) is 1. The van der Waals surface area contributed by atoms with Crippen LogP contribution in [0.2, 0.25) is 0 Å². The van der Waals surface area contributed by atoms with Crippen molar-refractivity contribution in [2.75, 3.05) is 17.3 Å². The Morgan fingerprint density at radius 3 is 3.07 bits per heavy atom. The van der Waals surface area contributed by atoms with Gasteiger partial charge in [-0.15, -0.1) is 5.10 Å². The number of carbonyl (C=O) groups is 1. The van der Waals surface area contributed by atoms with Crippen LogP contribution in [0.1, 0.15) is 0 Å². The molecule has 1 rings (SSSR count). The van der Waals surface area contributed by atoms with Crippen molar-refractivity contribution in [3.63, 3.8) is 0 Å². The summed E-state index contributed by atoms with van der Waals surface area (Å²) in [4.78, 5) is 11.3. The van der Waals surface area contributed by atoms with Gasteiger partial charge in [0.25, 0.3) is 0 Å². The molecule has 7 nitrogen and oxygen atoms in total. The minimum atomic E-state index is -0.776. The van der Waals surface area contributed by atoms with Crippen LogP contribution in [0.3, 0.4) is 0 Å². The fourth-order valence-corrected chi connectivity index (χ4v) is 0.807.